The van der Waals surface area contributed by atoms with Crippen molar-refractivity contribution in [3.8, 4) is 0 Å². The van der Waals surface area contributed by atoms with Crippen molar-refractivity contribution in [3.63, 3.8) is 0 Å². The van der Waals surface area contributed by atoms with Crippen LogP contribution in [0.25, 0.3) is 0 Å². The third kappa shape index (κ3) is 7.82. The number of esters is 3. The van der Waals surface area contributed by atoms with Crippen LogP contribution in [0.15, 0.2) is 24.5 Å². The van der Waals surface area contributed by atoms with Crippen LogP contribution in [0, 0.1) is 0 Å². The number of hydrogen-bond acceptors (Lipinski definition) is 10. The van der Waals surface area contributed by atoms with Gasteiger partial charge in [-0.3, -0.25) is 14.4 Å². The summed E-state index contributed by atoms with van der Waals surface area (Å²) in [5.41, 5.74) is 0. The number of aliphatic hydroxyl groups is 1. The Morgan fingerprint density at radius 1 is 1.07 bits per heavy atom. The van der Waals surface area contributed by atoms with Crippen LogP contribution in [0.3, 0.4) is 0 Å². The first-order valence-electron chi connectivity index (χ1n) is 8.69. The van der Waals surface area contributed by atoms with Crippen LogP contribution in [0.4, 0.5) is 4.79 Å². The number of ether oxygens (including phenoxy) is 5. The van der Waals surface area contributed by atoms with E-state index in [1.54, 1.807) is 0 Å². The van der Waals surface area contributed by atoms with Crippen LogP contribution < -0.4 is 5.32 Å². The predicted octanol–water partition coefficient (Wildman–Crippen LogP) is -0.0313. The minimum atomic E-state index is -1.25. The molecule has 0 saturated carbocycles. The Kier molecular flexibility index (Phi) is 9.66. The molecule has 4 unspecified atom stereocenters. The molecule has 11 heteroatoms. The summed E-state index contributed by atoms with van der Waals surface area (Å²) >= 11 is 0. The van der Waals surface area contributed by atoms with Crippen molar-refractivity contribution in [1.82, 2.24) is 5.32 Å². The molecule has 1 fully saturated rings. The van der Waals surface area contributed by atoms with Crippen molar-refractivity contribution < 1.29 is 48.0 Å². The van der Waals surface area contributed by atoms with Gasteiger partial charge < -0.3 is 34.1 Å². The van der Waals surface area contributed by atoms with Gasteiger partial charge in [-0.2, -0.15) is 0 Å². The standard InChI is InChI=1S/C18H25NO10/c1-5-8-25-18(24)19-15-13(6-7-20)29-14(9-26-10(2)21)16(27-11(3)22)17(15)28-12(4)23/h5-6,14-17,20H,1,7-9H2,2-4H3,(H,19,24)/b13-6-. The molecule has 0 aliphatic carbocycles. The van der Waals surface area contributed by atoms with Gasteiger partial charge in [0.15, 0.2) is 18.3 Å². The summed E-state index contributed by atoms with van der Waals surface area (Å²) in [5.74, 6) is -2.05. The average Bonchev–Trinajstić information content (AvgIpc) is 2.62. The van der Waals surface area contributed by atoms with E-state index in [1.807, 2.05) is 0 Å². The summed E-state index contributed by atoms with van der Waals surface area (Å²) in [6.07, 6.45) is -1.86. The molecule has 1 aliphatic rings. The van der Waals surface area contributed by atoms with E-state index < -0.39 is 55.0 Å². The molecule has 0 aromatic rings. The van der Waals surface area contributed by atoms with Crippen molar-refractivity contribution in [3.05, 3.63) is 24.5 Å². The zero-order valence-electron chi connectivity index (χ0n) is 16.4. The first-order valence-corrected chi connectivity index (χ1v) is 8.69. The molecule has 29 heavy (non-hydrogen) atoms. The fourth-order valence-electron chi connectivity index (χ4n) is 2.59. The minimum absolute atomic E-state index is 0.00913. The van der Waals surface area contributed by atoms with Gasteiger partial charge in [-0.05, 0) is 6.08 Å². The van der Waals surface area contributed by atoms with Crippen molar-refractivity contribution in [2.45, 2.75) is 45.1 Å². The Bertz CT molecular complexity index is 659. The number of aliphatic hydroxyl groups excluding tert-OH is 1. The van der Waals surface area contributed by atoms with E-state index in [0.717, 1.165) is 13.8 Å². The van der Waals surface area contributed by atoms with Crippen molar-refractivity contribution >= 4 is 24.0 Å². The first kappa shape index (κ1) is 24.0. The fourth-order valence-corrected chi connectivity index (χ4v) is 2.59. The van der Waals surface area contributed by atoms with E-state index in [1.165, 1.54) is 19.1 Å². The molecule has 0 spiro atoms. The van der Waals surface area contributed by atoms with Crippen molar-refractivity contribution in [1.29, 1.82) is 0 Å². The molecule has 1 amide bonds. The third-order valence-electron chi connectivity index (χ3n) is 3.57. The second-order valence-corrected chi connectivity index (χ2v) is 5.91. The van der Waals surface area contributed by atoms with Crippen LogP contribution in [0.1, 0.15) is 20.8 Å². The van der Waals surface area contributed by atoms with Gasteiger partial charge in [-0.15, -0.1) is 0 Å². The maximum absolute atomic E-state index is 12.0. The summed E-state index contributed by atoms with van der Waals surface area (Å²) in [6, 6.07) is -1.15. The summed E-state index contributed by atoms with van der Waals surface area (Å²) in [4.78, 5) is 46.5. The zero-order valence-corrected chi connectivity index (χ0v) is 16.4. The van der Waals surface area contributed by atoms with E-state index in [2.05, 4.69) is 11.9 Å². The van der Waals surface area contributed by atoms with Crippen LogP contribution in [-0.4, -0.2) is 73.3 Å². The SMILES string of the molecule is C=CCOC(=O)NC1/C(=C/CO)OC(COC(C)=O)C(OC(C)=O)C1OC(C)=O. The maximum Gasteiger partial charge on any atom is 0.408 e. The molecule has 4 atom stereocenters. The summed E-state index contributed by atoms with van der Waals surface area (Å²) < 4.78 is 26.0. The molecule has 1 heterocycles. The topological polar surface area (TPSA) is 147 Å². The lowest BCUT2D eigenvalue weighted by atomic mass is 9.95. The van der Waals surface area contributed by atoms with E-state index >= 15 is 0 Å². The molecule has 0 aromatic heterocycles. The number of alkyl carbamates (subject to hydrolysis) is 1. The number of rotatable bonds is 8. The first-order chi connectivity index (χ1) is 13.7. The molecule has 1 aliphatic heterocycles. The van der Waals surface area contributed by atoms with Gasteiger partial charge >= 0.3 is 24.0 Å². The van der Waals surface area contributed by atoms with Crippen LogP contribution in [-0.2, 0) is 38.1 Å². The van der Waals surface area contributed by atoms with Crippen LogP contribution in [0.5, 0.6) is 0 Å². The van der Waals surface area contributed by atoms with E-state index in [4.69, 9.17) is 23.7 Å². The smallest absolute Gasteiger partial charge is 0.408 e. The average molecular weight is 415 g/mol. The Hall–Kier alpha value is -3.08. The Balaban J connectivity index is 3.28. The lowest BCUT2D eigenvalue weighted by Gasteiger charge is -2.42. The normalized spacial score (nSPS) is 24.6. The van der Waals surface area contributed by atoms with Gasteiger partial charge in [0.05, 0.1) is 6.61 Å². The summed E-state index contributed by atoms with van der Waals surface area (Å²) in [6.45, 7) is 5.98. The van der Waals surface area contributed by atoms with Crippen LogP contribution >= 0.6 is 0 Å². The maximum atomic E-state index is 12.0. The summed E-state index contributed by atoms with van der Waals surface area (Å²) in [7, 11) is 0. The zero-order chi connectivity index (χ0) is 22.0. The van der Waals surface area contributed by atoms with Gasteiger partial charge in [0.2, 0.25) is 0 Å². The van der Waals surface area contributed by atoms with Crippen LogP contribution in [0.2, 0.25) is 0 Å². The predicted molar refractivity (Wildman–Crippen MR) is 96.3 cm³/mol. The molecule has 0 bridgehead atoms. The molecule has 1 rings (SSSR count). The second kappa shape index (κ2) is 11.7. The Morgan fingerprint density at radius 2 is 1.69 bits per heavy atom. The van der Waals surface area contributed by atoms with E-state index in [-0.39, 0.29) is 19.0 Å². The number of carbonyl (C=O) groups is 4. The summed E-state index contributed by atoms with van der Waals surface area (Å²) in [5, 5.41) is 11.7. The molecule has 162 valence electrons. The lowest BCUT2D eigenvalue weighted by molar-refractivity contribution is -0.195. The highest BCUT2D eigenvalue weighted by molar-refractivity contribution is 5.70. The highest BCUT2D eigenvalue weighted by Crippen LogP contribution is 2.29. The number of nitrogens with one attached hydrogen (secondary N) is 1. The third-order valence-corrected chi connectivity index (χ3v) is 3.57. The fraction of sp³-hybridized carbons (Fsp3) is 0.556. The minimum Gasteiger partial charge on any atom is -0.485 e. The van der Waals surface area contributed by atoms with E-state index in [9.17, 15) is 24.3 Å². The molecule has 0 aromatic carbocycles. The molecule has 1 saturated heterocycles. The number of amides is 1. The van der Waals surface area contributed by atoms with Crippen molar-refractivity contribution in [2.75, 3.05) is 19.8 Å². The molecule has 0 radical (unpaired) electrons. The van der Waals surface area contributed by atoms with Gasteiger partial charge in [-0.1, -0.05) is 12.7 Å². The van der Waals surface area contributed by atoms with Crippen molar-refractivity contribution in [2.24, 2.45) is 0 Å². The molecular weight excluding hydrogens is 390 g/mol. The highest BCUT2D eigenvalue weighted by atomic mass is 16.6. The number of hydrogen-bond donors (Lipinski definition) is 2. The largest absolute Gasteiger partial charge is 0.485 e. The Morgan fingerprint density at radius 3 is 2.21 bits per heavy atom. The highest BCUT2D eigenvalue weighted by Gasteiger charge is 2.49. The lowest BCUT2D eigenvalue weighted by Crippen LogP contribution is -2.61. The van der Waals surface area contributed by atoms with Gasteiger partial charge in [0.1, 0.15) is 25.0 Å². The molecule has 2 N–H and O–H groups in total. The molecular formula is C18H25NO10. The second-order valence-electron chi connectivity index (χ2n) is 5.91. The van der Waals surface area contributed by atoms with Gasteiger partial charge in [-0.25, -0.2) is 4.79 Å². The van der Waals surface area contributed by atoms with Gasteiger partial charge in [0, 0.05) is 20.8 Å². The van der Waals surface area contributed by atoms with Gasteiger partial charge in [0.25, 0.3) is 0 Å². The van der Waals surface area contributed by atoms with E-state index in [0.29, 0.717) is 0 Å². The quantitative estimate of drug-likeness (QED) is 0.315. The monoisotopic (exact) mass is 415 g/mol. The molecule has 11 nitrogen and oxygen atoms in total. The number of carbonyl (C=O) groups excluding carboxylic acids is 4. The Labute approximate surface area is 167 Å².